The highest BCUT2D eigenvalue weighted by molar-refractivity contribution is 7.18. The van der Waals surface area contributed by atoms with Gasteiger partial charge in [-0.25, -0.2) is 0 Å². The van der Waals surface area contributed by atoms with Crippen molar-refractivity contribution >= 4 is 34.1 Å². The fraction of sp³-hybridized carbons (Fsp3) is 0.120. The van der Waals surface area contributed by atoms with Crippen LogP contribution in [-0.4, -0.2) is 27.6 Å². The van der Waals surface area contributed by atoms with E-state index in [0.717, 1.165) is 11.1 Å². The first-order valence-electron chi connectivity index (χ1n) is 10.7. The molecular formula is C25H19N5O5S. The number of nitrogens with one attached hydrogen (secondary N) is 1. The van der Waals surface area contributed by atoms with Gasteiger partial charge >= 0.3 is 0 Å². The molecule has 4 rings (SSSR count). The first-order chi connectivity index (χ1) is 17.4. The van der Waals surface area contributed by atoms with Crippen LogP contribution >= 0.6 is 11.3 Å². The summed E-state index contributed by atoms with van der Waals surface area (Å²) in [7, 11) is 0. The smallest absolute Gasteiger partial charge is 0.284 e. The van der Waals surface area contributed by atoms with Crippen molar-refractivity contribution < 1.29 is 18.9 Å². The van der Waals surface area contributed by atoms with Crippen LogP contribution in [-0.2, 0) is 4.79 Å². The average molecular weight is 502 g/mol. The molecule has 0 saturated carbocycles. The number of benzene rings is 2. The van der Waals surface area contributed by atoms with E-state index < -0.39 is 10.8 Å². The number of carbonyl (C=O) groups excluding carboxylic acids is 1. The number of furan rings is 1. The van der Waals surface area contributed by atoms with Crippen LogP contribution in [0.5, 0.6) is 5.75 Å². The van der Waals surface area contributed by atoms with E-state index in [0.29, 0.717) is 17.4 Å². The third kappa shape index (κ3) is 5.29. The third-order valence-electron chi connectivity index (χ3n) is 5.04. The van der Waals surface area contributed by atoms with Crippen molar-refractivity contribution in [1.29, 1.82) is 5.26 Å². The van der Waals surface area contributed by atoms with Gasteiger partial charge in [0, 0.05) is 11.6 Å². The minimum Gasteiger partial charge on any atom is -0.494 e. The topological polar surface area (TPSA) is 144 Å². The summed E-state index contributed by atoms with van der Waals surface area (Å²) < 4.78 is 11.0. The van der Waals surface area contributed by atoms with Crippen LogP contribution in [0.3, 0.4) is 0 Å². The largest absolute Gasteiger partial charge is 0.494 e. The second kappa shape index (κ2) is 10.6. The molecule has 0 aliphatic heterocycles. The van der Waals surface area contributed by atoms with Crippen LogP contribution in [0.25, 0.3) is 28.0 Å². The van der Waals surface area contributed by atoms with Gasteiger partial charge in [-0.3, -0.25) is 20.2 Å². The number of hydrogen-bond donors (Lipinski definition) is 1. The lowest BCUT2D eigenvalue weighted by atomic mass is 10.1. The Balaban J connectivity index is 1.54. The standard InChI is InChI=1S/C25H19N5O5S/c1-3-34-17-8-10-20(21(13-17)30(32)33)22-11-9-18(35-22)12-16(14-26)23(31)27-25-29-28-24(36-25)19-7-5-4-6-15(19)2/h4-13H,3H2,1-2H3,(H,27,29,31)/b16-12-. The lowest BCUT2D eigenvalue weighted by Crippen LogP contribution is -2.13. The summed E-state index contributed by atoms with van der Waals surface area (Å²) in [4.78, 5) is 23.7. The van der Waals surface area contributed by atoms with Crippen LogP contribution in [0.2, 0.25) is 0 Å². The molecule has 0 unspecified atom stereocenters. The number of nitrogens with zero attached hydrogens (tertiary/aromatic N) is 4. The molecule has 4 aromatic rings. The molecule has 0 aliphatic carbocycles. The van der Waals surface area contributed by atoms with Gasteiger partial charge < -0.3 is 9.15 Å². The van der Waals surface area contributed by atoms with Gasteiger partial charge in [0.1, 0.15) is 33.9 Å². The molecule has 1 N–H and O–H groups in total. The van der Waals surface area contributed by atoms with Crippen LogP contribution in [0.1, 0.15) is 18.2 Å². The Morgan fingerprint density at radius 2 is 2.03 bits per heavy atom. The van der Waals surface area contributed by atoms with Crippen LogP contribution in [0.15, 0.2) is 64.6 Å². The molecule has 36 heavy (non-hydrogen) atoms. The van der Waals surface area contributed by atoms with Gasteiger partial charge in [0.2, 0.25) is 5.13 Å². The van der Waals surface area contributed by atoms with Crippen molar-refractivity contribution in [2.24, 2.45) is 0 Å². The summed E-state index contributed by atoms with van der Waals surface area (Å²) in [6.45, 7) is 4.10. The zero-order valence-electron chi connectivity index (χ0n) is 19.2. The molecule has 0 saturated heterocycles. The van der Waals surface area contributed by atoms with Crippen LogP contribution < -0.4 is 10.1 Å². The van der Waals surface area contributed by atoms with Crippen molar-refractivity contribution in [3.63, 3.8) is 0 Å². The maximum Gasteiger partial charge on any atom is 0.284 e. The Kier molecular flexibility index (Phi) is 7.17. The molecule has 2 aromatic heterocycles. The predicted molar refractivity (Wildman–Crippen MR) is 134 cm³/mol. The van der Waals surface area contributed by atoms with Gasteiger partial charge in [-0.1, -0.05) is 35.6 Å². The van der Waals surface area contributed by atoms with E-state index in [9.17, 15) is 20.2 Å². The molecule has 0 aliphatic rings. The van der Waals surface area contributed by atoms with Gasteiger partial charge in [0.15, 0.2) is 0 Å². The first kappa shape index (κ1) is 24.3. The monoisotopic (exact) mass is 501 g/mol. The summed E-state index contributed by atoms with van der Waals surface area (Å²) in [6, 6.07) is 17.0. The van der Waals surface area contributed by atoms with Crippen molar-refractivity contribution in [2.75, 3.05) is 11.9 Å². The van der Waals surface area contributed by atoms with Crippen molar-refractivity contribution in [2.45, 2.75) is 13.8 Å². The van der Waals surface area contributed by atoms with Crippen molar-refractivity contribution in [1.82, 2.24) is 10.2 Å². The number of hydrogen-bond acceptors (Lipinski definition) is 9. The van der Waals surface area contributed by atoms with Gasteiger partial charge in [0.25, 0.3) is 11.6 Å². The Bertz CT molecular complexity index is 1520. The van der Waals surface area contributed by atoms with Crippen LogP contribution in [0.4, 0.5) is 10.8 Å². The van der Waals surface area contributed by atoms with E-state index in [4.69, 9.17) is 9.15 Å². The Hall–Kier alpha value is -4.82. The number of ether oxygens (including phenoxy) is 1. The van der Waals surface area contributed by atoms with E-state index in [-0.39, 0.29) is 33.5 Å². The van der Waals surface area contributed by atoms with Gasteiger partial charge in [-0.2, -0.15) is 5.26 Å². The highest BCUT2D eigenvalue weighted by atomic mass is 32.1. The molecular weight excluding hydrogens is 482 g/mol. The number of anilines is 1. The fourth-order valence-corrected chi connectivity index (χ4v) is 4.18. The van der Waals surface area contributed by atoms with Crippen molar-refractivity contribution in [3.8, 4) is 33.7 Å². The number of aryl methyl sites for hydroxylation is 1. The minimum absolute atomic E-state index is 0.178. The second-order valence-electron chi connectivity index (χ2n) is 7.42. The quantitative estimate of drug-likeness (QED) is 0.142. The maximum atomic E-state index is 12.7. The second-order valence-corrected chi connectivity index (χ2v) is 8.40. The molecule has 0 atom stereocenters. The first-order valence-corrected chi connectivity index (χ1v) is 11.6. The summed E-state index contributed by atoms with van der Waals surface area (Å²) in [5, 5.41) is 32.6. The Labute approximate surface area is 209 Å². The number of nitro benzene ring substituents is 1. The highest BCUT2D eigenvalue weighted by Crippen LogP contribution is 2.35. The normalized spacial score (nSPS) is 11.1. The van der Waals surface area contributed by atoms with E-state index in [1.165, 1.54) is 41.7 Å². The Morgan fingerprint density at radius 1 is 1.22 bits per heavy atom. The molecule has 11 heteroatoms. The molecule has 0 fully saturated rings. The zero-order valence-corrected chi connectivity index (χ0v) is 20.0. The Morgan fingerprint density at radius 3 is 2.75 bits per heavy atom. The number of carbonyl (C=O) groups is 1. The molecule has 10 nitrogen and oxygen atoms in total. The molecule has 1 amide bonds. The molecule has 180 valence electrons. The van der Waals surface area contributed by atoms with E-state index in [2.05, 4.69) is 15.5 Å². The zero-order chi connectivity index (χ0) is 25.7. The summed E-state index contributed by atoms with van der Waals surface area (Å²) in [5.74, 6) is 0.0683. The van der Waals surface area contributed by atoms with Crippen molar-refractivity contribution in [3.05, 3.63) is 81.6 Å². The van der Waals surface area contributed by atoms with Gasteiger partial charge in [-0.05, 0) is 43.7 Å². The average Bonchev–Trinajstić information content (AvgIpc) is 3.52. The lowest BCUT2D eigenvalue weighted by molar-refractivity contribution is -0.384. The molecule has 0 radical (unpaired) electrons. The predicted octanol–water partition coefficient (Wildman–Crippen LogP) is 5.63. The summed E-state index contributed by atoms with van der Waals surface area (Å²) in [6.07, 6.45) is 1.25. The minimum atomic E-state index is -0.685. The van der Waals surface area contributed by atoms with Crippen LogP contribution in [0, 0.1) is 28.4 Å². The SMILES string of the molecule is CCOc1ccc(-c2ccc(/C=C(/C#N)C(=O)Nc3nnc(-c4ccccc4C)s3)o2)c([N+](=O)[O-])c1. The molecule has 2 aromatic carbocycles. The number of aromatic nitrogens is 2. The summed E-state index contributed by atoms with van der Waals surface area (Å²) in [5.41, 5.74) is 1.74. The van der Waals surface area contributed by atoms with E-state index in [1.54, 1.807) is 13.0 Å². The number of nitriles is 1. The van der Waals surface area contributed by atoms with Gasteiger partial charge in [-0.15, -0.1) is 10.2 Å². The third-order valence-corrected chi connectivity index (χ3v) is 5.91. The fourth-order valence-electron chi connectivity index (χ4n) is 3.35. The number of amides is 1. The maximum absolute atomic E-state index is 12.7. The van der Waals surface area contributed by atoms with E-state index >= 15 is 0 Å². The lowest BCUT2D eigenvalue weighted by Gasteiger charge is -2.05. The molecule has 0 spiro atoms. The highest BCUT2D eigenvalue weighted by Gasteiger charge is 2.20. The van der Waals surface area contributed by atoms with Gasteiger partial charge in [0.05, 0.1) is 23.2 Å². The molecule has 2 heterocycles. The number of rotatable bonds is 8. The summed E-state index contributed by atoms with van der Waals surface area (Å²) >= 11 is 1.18. The molecule has 0 bridgehead atoms. The van der Waals surface area contributed by atoms with E-state index in [1.807, 2.05) is 37.3 Å². The number of nitro groups is 1.